The van der Waals surface area contributed by atoms with E-state index in [2.05, 4.69) is 25.7 Å². The van der Waals surface area contributed by atoms with Crippen LogP contribution in [-0.4, -0.2) is 34.3 Å². The number of aliphatic hydroxyl groups excluding tert-OH is 1. The minimum Gasteiger partial charge on any atom is -0.388 e. The van der Waals surface area contributed by atoms with E-state index in [0.29, 0.717) is 5.92 Å². The number of rotatable bonds is 5. The van der Waals surface area contributed by atoms with Crippen molar-refractivity contribution in [3.05, 3.63) is 47.6 Å². The third-order valence-corrected chi connectivity index (χ3v) is 9.58. The van der Waals surface area contributed by atoms with E-state index in [4.69, 9.17) is 0 Å². The fourth-order valence-corrected chi connectivity index (χ4v) is 7.35. The van der Waals surface area contributed by atoms with Crippen LogP contribution in [0.25, 0.3) is 0 Å². The maximum absolute atomic E-state index is 13.1. The molecule has 202 valence electrons. The first kappa shape index (κ1) is 27.5. The van der Waals surface area contributed by atoms with Gasteiger partial charge in [-0.3, -0.25) is 0 Å². The molecule has 0 bridgehead atoms. The van der Waals surface area contributed by atoms with Crippen LogP contribution in [0.5, 0.6) is 0 Å². The summed E-state index contributed by atoms with van der Waals surface area (Å²) in [4.78, 5) is 0. The van der Waals surface area contributed by atoms with E-state index in [1.165, 1.54) is 5.57 Å². The number of hydrogen-bond acceptors (Lipinski definition) is 2. The lowest BCUT2D eigenvalue weighted by atomic mass is 9.59. The van der Waals surface area contributed by atoms with Gasteiger partial charge in [0.25, 0.3) is 5.60 Å². The van der Waals surface area contributed by atoms with Gasteiger partial charge in [-0.1, -0.05) is 37.3 Å². The Morgan fingerprint density at radius 2 is 1.61 bits per heavy atom. The van der Waals surface area contributed by atoms with Gasteiger partial charge in [0, 0.05) is 0 Å². The molecule has 0 aromatic carbocycles. The Labute approximate surface area is 208 Å². The third kappa shape index (κ3) is 4.72. The molecule has 0 radical (unpaired) electrons. The Balaban J connectivity index is 1.52. The predicted molar refractivity (Wildman–Crippen MR) is 126 cm³/mol. The Hall–Kier alpha value is -1.54. The van der Waals surface area contributed by atoms with Crippen LogP contribution < -0.4 is 0 Å². The van der Waals surface area contributed by atoms with Crippen molar-refractivity contribution in [2.75, 3.05) is 0 Å². The summed E-state index contributed by atoms with van der Waals surface area (Å²) < 4.78 is 78.4. The van der Waals surface area contributed by atoms with Crippen molar-refractivity contribution >= 4 is 0 Å². The quantitative estimate of drug-likeness (QED) is 0.289. The molecule has 4 saturated carbocycles. The van der Waals surface area contributed by atoms with E-state index < -0.39 is 24.1 Å². The lowest BCUT2D eigenvalue weighted by Crippen LogP contribution is -2.55. The molecule has 4 rings (SSSR count). The van der Waals surface area contributed by atoms with E-state index in [-0.39, 0.29) is 29.2 Å². The van der Waals surface area contributed by atoms with Gasteiger partial charge < -0.3 is 10.2 Å². The average molecular weight is 519 g/mol. The lowest BCUT2D eigenvalue weighted by molar-refractivity contribution is -0.347. The molecule has 2 N–H and O–H groups in total. The van der Waals surface area contributed by atoms with Crippen LogP contribution in [0.15, 0.2) is 47.6 Å². The maximum Gasteiger partial charge on any atom is 0.429 e. The number of fused-ring (bicyclic) bond motifs is 1. The summed E-state index contributed by atoms with van der Waals surface area (Å²) in [5.41, 5.74) is -1.98. The zero-order valence-corrected chi connectivity index (χ0v) is 20.7. The fraction of sp³-hybridized carbons (Fsp3) is 0.714. The number of allylic oxidation sites excluding steroid dienone is 4. The Kier molecular flexibility index (Phi) is 7.13. The van der Waals surface area contributed by atoms with Crippen molar-refractivity contribution < 1.29 is 36.6 Å². The number of alkyl halides is 6. The molecular weight excluding hydrogens is 482 g/mol. The maximum atomic E-state index is 13.1. The SMILES string of the molecule is C=C1/C(=C\C=C2/CCCC3(C)C2CCC3C2(C/C=C/C(O)(C(F)(F)F)C(F)(F)F)CC2)CCC[C@@H]1O. The first-order valence-electron chi connectivity index (χ1n) is 12.9. The summed E-state index contributed by atoms with van der Waals surface area (Å²) in [6.45, 7) is 6.28. The first-order chi connectivity index (χ1) is 16.6. The molecular formula is C28H36F6O2. The van der Waals surface area contributed by atoms with Crippen molar-refractivity contribution in [3.63, 3.8) is 0 Å². The highest BCUT2D eigenvalue weighted by Crippen LogP contribution is 2.69. The van der Waals surface area contributed by atoms with Crippen molar-refractivity contribution in [1.29, 1.82) is 0 Å². The molecule has 0 aromatic heterocycles. The number of halogens is 6. The summed E-state index contributed by atoms with van der Waals surface area (Å²) in [5.74, 6) is 0.547. The highest BCUT2D eigenvalue weighted by molar-refractivity contribution is 5.38. The molecule has 4 aliphatic carbocycles. The monoisotopic (exact) mass is 518 g/mol. The summed E-state index contributed by atoms with van der Waals surface area (Å²) in [7, 11) is 0. The summed E-state index contributed by atoms with van der Waals surface area (Å²) >= 11 is 0. The van der Waals surface area contributed by atoms with Gasteiger partial charge in [0.15, 0.2) is 0 Å². The number of hydrogen-bond donors (Lipinski definition) is 2. The van der Waals surface area contributed by atoms with Gasteiger partial charge in [-0.2, -0.15) is 26.3 Å². The molecule has 8 heteroatoms. The number of aliphatic hydroxyl groups is 2. The first-order valence-corrected chi connectivity index (χ1v) is 12.9. The van der Waals surface area contributed by atoms with Gasteiger partial charge in [-0.15, -0.1) is 0 Å². The highest BCUT2D eigenvalue weighted by atomic mass is 19.4. The highest BCUT2D eigenvalue weighted by Gasteiger charge is 2.69. The van der Waals surface area contributed by atoms with Crippen LogP contribution >= 0.6 is 0 Å². The fourth-order valence-electron chi connectivity index (χ4n) is 7.35. The van der Waals surface area contributed by atoms with Crippen LogP contribution in [0, 0.1) is 22.7 Å². The predicted octanol–water partition coefficient (Wildman–Crippen LogP) is 7.74. The molecule has 36 heavy (non-hydrogen) atoms. The molecule has 0 aliphatic heterocycles. The van der Waals surface area contributed by atoms with E-state index >= 15 is 0 Å². The normalized spacial score (nSPS) is 35.6. The molecule has 4 aliphatic rings. The van der Waals surface area contributed by atoms with Gasteiger partial charge in [0.2, 0.25) is 0 Å². The Bertz CT molecular complexity index is 938. The zero-order chi connectivity index (χ0) is 26.6. The lowest BCUT2D eigenvalue weighted by Gasteiger charge is -2.45. The second kappa shape index (κ2) is 9.33. The van der Waals surface area contributed by atoms with Gasteiger partial charge in [-0.05, 0) is 111 Å². The molecule has 0 spiro atoms. The van der Waals surface area contributed by atoms with E-state index in [9.17, 15) is 36.6 Å². The van der Waals surface area contributed by atoms with E-state index in [1.807, 2.05) is 0 Å². The topological polar surface area (TPSA) is 40.5 Å². The third-order valence-electron chi connectivity index (χ3n) is 9.58. The minimum atomic E-state index is -5.83. The van der Waals surface area contributed by atoms with Crippen LogP contribution in [0.2, 0.25) is 0 Å². The molecule has 0 heterocycles. The van der Waals surface area contributed by atoms with Crippen molar-refractivity contribution in [2.45, 2.75) is 102 Å². The standard InChI is InChI=1S/C28H36F6O2/c1-18-19(6-3-8-22(18)35)9-10-20-7-4-13-24(2)21(20)11-12-23(24)25(16-17-25)14-5-15-26(36,27(29,30)31)28(32,33)34/h5,9-10,15,21-23,35-36H,1,3-4,6-8,11-14,16-17H2,2H3/b15-5+,19-9-,20-10+/t21?,22-,23?,24?/m0/s1. The van der Waals surface area contributed by atoms with Crippen molar-refractivity contribution in [3.8, 4) is 0 Å². The van der Waals surface area contributed by atoms with Gasteiger partial charge in [0.05, 0.1) is 6.10 Å². The van der Waals surface area contributed by atoms with E-state index in [1.54, 1.807) is 0 Å². The molecule has 2 nitrogen and oxygen atoms in total. The van der Waals surface area contributed by atoms with Gasteiger partial charge in [0.1, 0.15) is 0 Å². The van der Waals surface area contributed by atoms with Gasteiger partial charge >= 0.3 is 12.4 Å². The summed E-state index contributed by atoms with van der Waals surface area (Å²) in [5, 5.41) is 19.6. The molecule has 0 amide bonds. The minimum absolute atomic E-state index is 0.0552. The molecule has 4 atom stereocenters. The van der Waals surface area contributed by atoms with Crippen molar-refractivity contribution in [2.24, 2.45) is 22.7 Å². The second-order valence-corrected chi connectivity index (χ2v) is 11.6. The zero-order valence-electron chi connectivity index (χ0n) is 20.7. The van der Waals surface area contributed by atoms with Crippen LogP contribution in [0.4, 0.5) is 26.3 Å². The molecule has 4 fully saturated rings. The molecule has 0 saturated heterocycles. The van der Waals surface area contributed by atoms with E-state index in [0.717, 1.165) is 81.4 Å². The summed E-state index contributed by atoms with van der Waals surface area (Å²) in [6, 6.07) is 0. The average Bonchev–Trinajstić information content (AvgIpc) is 3.46. The summed E-state index contributed by atoms with van der Waals surface area (Å²) in [6.07, 6.45) is 1.95. The van der Waals surface area contributed by atoms with Crippen LogP contribution in [-0.2, 0) is 0 Å². The second-order valence-electron chi connectivity index (χ2n) is 11.6. The smallest absolute Gasteiger partial charge is 0.388 e. The van der Waals surface area contributed by atoms with Gasteiger partial charge in [-0.25, -0.2) is 0 Å². The Morgan fingerprint density at radius 1 is 0.944 bits per heavy atom. The van der Waals surface area contributed by atoms with Crippen LogP contribution in [0.1, 0.15) is 77.6 Å². The Morgan fingerprint density at radius 3 is 2.22 bits per heavy atom. The van der Waals surface area contributed by atoms with Crippen LogP contribution in [0.3, 0.4) is 0 Å². The molecule has 3 unspecified atom stereocenters. The largest absolute Gasteiger partial charge is 0.429 e. The van der Waals surface area contributed by atoms with Crippen molar-refractivity contribution in [1.82, 2.24) is 0 Å². The molecule has 0 aromatic rings.